The fourth-order valence-corrected chi connectivity index (χ4v) is 4.24. The molecule has 0 N–H and O–H groups in total. The van der Waals surface area contributed by atoms with Gasteiger partial charge in [0.25, 0.3) is 0 Å². The van der Waals surface area contributed by atoms with Crippen molar-refractivity contribution in [2.45, 2.75) is 36.7 Å². The first kappa shape index (κ1) is 24.0. The van der Waals surface area contributed by atoms with Crippen molar-refractivity contribution in [3.8, 4) is 11.5 Å². The van der Waals surface area contributed by atoms with Crippen molar-refractivity contribution in [1.82, 2.24) is 0 Å². The van der Waals surface area contributed by atoms with Gasteiger partial charge in [-0.05, 0) is 35.7 Å². The molecule has 1 fully saturated rings. The predicted octanol–water partition coefficient (Wildman–Crippen LogP) is 4.05. The van der Waals surface area contributed by atoms with Crippen LogP contribution in [-0.2, 0) is 23.8 Å². The van der Waals surface area contributed by atoms with Gasteiger partial charge in [-0.2, -0.15) is 0 Å². The maximum absolute atomic E-state index is 12.3. The first-order valence-electron chi connectivity index (χ1n) is 9.60. The quantitative estimate of drug-likeness (QED) is 0.217. The fraction of sp³-hybridized carbons (Fsp3) is 0.391. The third-order valence-corrected chi connectivity index (χ3v) is 6.21. The second kappa shape index (κ2) is 10.7. The summed E-state index contributed by atoms with van der Waals surface area (Å²) in [6, 6.07) is 7.99. The second-order valence-electron chi connectivity index (χ2n) is 7.87. The molecular formula is C23H28O5SSi. The smallest absolute Gasteiger partial charge is 0.312 e. The van der Waals surface area contributed by atoms with Gasteiger partial charge in [-0.15, -0.1) is 12.1 Å². The molecule has 1 aromatic rings. The molecular weight excluding hydrogens is 416 g/mol. The van der Waals surface area contributed by atoms with Crippen LogP contribution in [0.5, 0.6) is 0 Å². The summed E-state index contributed by atoms with van der Waals surface area (Å²) in [5, 5.41) is 1.85. The van der Waals surface area contributed by atoms with E-state index in [1.807, 2.05) is 29.7 Å². The van der Waals surface area contributed by atoms with Gasteiger partial charge < -0.3 is 14.2 Å². The number of ether oxygens (including phenoxy) is 3. The molecule has 0 aromatic heterocycles. The van der Waals surface area contributed by atoms with E-state index < -0.39 is 44.1 Å². The van der Waals surface area contributed by atoms with E-state index in [0.29, 0.717) is 0 Å². The number of carbonyl (C=O) groups is 2. The van der Waals surface area contributed by atoms with Crippen LogP contribution in [0.15, 0.2) is 53.3 Å². The number of benzene rings is 1. The lowest BCUT2D eigenvalue weighted by atomic mass is 9.87. The largest absolute Gasteiger partial charge is 0.469 e. The van der Waals surface area contributed by atoms with Gasteiger partial charge >= 0.3 is 11.9 Å². The molecule has 1 heterocycles. The predicted molar refractivity (Wildman–Crippen MR) is 122 cm³/mol. The Balaban J connectivity index is 2.11. The van der Waals surface area contributed by atoms with Crippen molar-refractivity contribution in [1.29, 1.82) is 0 Å². The standard InChI is InChI=1S/C23H28O5SSi/c1-7-18-20(22(24)26-2)21(23(25)27-3)19(28-18)12-14-29-17-10-8-16(9-11-17)13-15-30(4,5)6/h7-12,14,18-21H,1H2,2-6H3/b14-12+. The Morgan fingerprint density at radius 3 is 2.13 bits per heavy atom. The number of carbonyl (C=O) groups excluding carboxylic acids is 2. The maximum atomic E-state index is 12.3. The molecule has 4 atom stereocenters. The van der Waals surface area contributed by atoms with Crippen molar-refractivity contribution >= 4 is 31.8 Å². The van der Waals surface area contributed by atoms with Crippen LogP contribution in [0.3, 0.4) is 0 Å². The van der Waals surface area contributed by atoms with E-state index in [1.54, 1.807) is 6.08 Å². The number of hydrogen-bond donors (Lipinski definition) is 0. The molecule has 1 aliphatic heterocycles. The Bertz CT molecular complexity index is 860. The van der Waals surface area contributed by atoms with E-state index in [0.717, 1.165) is 10.5 Å². The molecule has 2 rings (SSSR count). The van der Waals surface area contributed by atoms with Gasteiger partial charge in [0.05, 0.1) is 26.4 Å². The van der Waals surface area contributed by atoms with Gasteiger partial charge in [0, 0.05) is 10.5 Å². The van der Waals surface area contributed by atoms with Crippen molar-refractivity contribution in [2.75, 3.05) is 14.2 Å². The summed E-state index contributed by atoms with van der Waals surface area (Å²) >= 11 is 1.49. The zero-order valence-corrected chi connectivity index (χ0v) is 19.8. The highest BCUT2D eigenvalue weighted by atomic mass is 32.2. The molecule has 1 saturated heterocycles. The van der Waals surface area contributed by atoms with Crippen LogP contribution in [0.25, 0.3) is 0 Å². The highest BCUT2D eigenvalue weighted by Gasteiger charge is 2.51. The molecule has 0 radical (unpaired) electrons. The van der Waals surface area contributed by atoms with Crippen LogP contribution < -0.4 is 0 Å². The highest BCUT2D eigenvalue weighted by Crippen LogP contribution is 2.36. The van der Waals surface area contributed by atoms with E-state index in [-0.39, 0.29) is 0 Å². The van der Waals surface area contributed by atoms with E-state index in [1.165, 1.54) is 32.1 Å². The van der Waals surface area contributed by atoms with Crippen LogP contribution >= 0.6 is 11.8 Å². The van der Waals surface area contributed by atoms with Gasteiger partial charge in [0.2, 0.25) is 0 Å². The third-order valence-electron chi connectivity index (χ3n) is 4.50. The number of hydrogen-bond acceptors (Lipinski definition) is 6. The molecule has 0 aliphatic carbocycles. The molecule has 0 bridgehead atoms. The first-order chi connectivity index (χ1) is 14.2. The zero-order valence-electron chi connectivity index (χ0n) is 18.0. The Hall–Kier alpha value is -2.27. The molecule has 5 nitrogen and oxygen atoms in total. The van der Waals surface area contributed by atoms with E-state index in [2.05, 4.69) is 37.7 Å². The van der Waals surface area contributed by atoms with Crippen molar-refractivity contribution < 1.29 is 23.8 Å². The highest BCUT2D eigenvalue weighted by molar-refractivity contribution is 8.02. The molecule has 1 aliphatic rings. The normalized spacial score (nSPS) is 23.5. The monoisotopic (exact) mass is 444 g/mol. The van der Waals surface area contributed by atoms with Gasteiger partial charge in [0.15, 0.2) is 0 Å². The molecule has 1 aromatic carbocycles. The van der Waals surface area contributed by atoms with E-state index in [9.17, 15) is 9.59 Å². The maximum Gasteiger partial charge on any atom is 0.312 e. The van der Waals surface area contributed by atoms with Crippen molar-refractivity contribution in [3.63, 3.8) is 0 Å². The lowest BCUT2D eigenvalue weighted by molar-refractivity contribution is -0.156. The third kappa shape index (κ3) is 6.36. The molecule has 0 amide bonds. The van der Waals surface area contributed by atoms with Gasteiger partial charge in [-0.3, -0.25) is 9.59 Å². The van der Waals surface area contributed by atoms with E-state index in [4.69, 9.17) is 14.2 Å². The Morgan fingerprint density at radius 2 is 1.63 bits per heavy atom. The number of rotatable bonds is 6. The van der Waals surface area contributed by atoms with Crippen LogP contribution in [0.1, 0.15) is 5.56 Å². The Morgan fingerprint density at radius 1 is 1.07 bits per heavy atom. The summed E-state index contributed by atoms with van der Waals surface area (Å²) in [6.07, 6.45) is 2.05. The average Bonchev–Trinajstić information content (AvgIpc) is 3.10. The second-order valence-corrected chi connectivity index (χ2v) is 13.6. The average molecular weight is 445 g/mol. The lowest BCUT2D eigenvalue weighted by Crippen LogP contribution is -2.35. The fourth-order valence-electron chi connectivity index (χ4n) is 3.03. The number of methoxy groups -OCH3 is 2. The van der Waals surface area contributed by atoms with Gasteiger partial charge in [-0.1, -0.05) is 43.4 Å². The number of thioether (sulfide) groups is 1. The van der Waals surface area contributed by atoms with Crippen LogP contribution in [0.2, 0.25) is 19.6 Å². The van der Waals surface area contributed by atoms with Crippen LogP contribution in [-0.4, -0.2) is 46.4 Å². The Kier molecular flexibility index (Phi) is 8.53. The summed E-state index contributed by atoms with van der Waals surface area (Å²) < 4.78 is 15.6. The van der Waals surface area contributed by atoms with Crippen LogP contribution in [0, 0.1) is 23.3 Å². The summed E-state index contributed by atoms with van der Waals surface area (Å²) in [4.78, 5) is 25.6. The minimum atomic E-state index is -1.40. The molecule has 4 unspecified atom stereocenters. The lowest BCUT2D eigenvalue weighted by Gasteiger charge is -2.17. The molecule has 0 saturated carbocycles. The summed E-state index contributed by atoms with van der Waals surface area (Å²) in [5.41, 5.74) is 4.34. The molecule has 30 heavy (non-hydrogen) atoms. The van der Waals surface area contributed by atoms with Gasteiger partial charge in [0.1, 0.15) is 19.9 Å². The first-order valence-corrected chi connectivity index (χ1v) is 14.0. The summed E-state index contributed by atoms with van der Waals surface area (Å²) in [5.74, 6) is 0.617. The van der Waals surface area contributed by atoms with E-state index >= 15 is 0 Å². The molecule has 0 spiro atoms. The molecule has 160 valence electrons. The van der Waals surface area contributed by atoms with Crippen molar-refractivity contribution in [2.24, 2.45) is 11.8 Å². The van der Waals surface area contributed by atoms with Crippen LogP contribution in [0.4, 0.5) is 0 Å². The van der Waals surface area contributed by atoms with Crippen molar-refractivity contribution in [3.05, 3.63) is 54.0 Å². The molecule has 7 heteroatoms. The minimum absolute atomic E-state index is 0.514. The zero-order chi connectivity index (χ0) is 22.3. The summed E-state index contributed by atoms with van der Waals surface area (Å²) in [7, 11) is 1.17. The minimum Gasteiger partial charge on any atom is -0.469 e. The topological polar surface area (TPSA) is 61.8 Å². The SMILES string of the molecule is C=CC1OC(/C=C/Sc2ccc(C#C[Si](C)(C)C)cc2)C(C(=O)OC)C1C(=O)OC. The Labute approximate surface area is 183 Å². The van der Waals surface area contributed by atoms with Gasteiger partial charge in [-0.25, -0.2) is 0 Å². The summed E-state index contributed by atoms with van der Waals surface area (Å²) in [6.45, 7) is 10.3. The number of esters is 2.